The average molecular weight is 310 g/mol. The first-order valence-electron chi connectivity index (χ1n) is 6.56. The van der Waals surface area contributed by atoms with Gasteiger partial charge in [0.15, 0.2) is 0 Å². The Balaban J connectivity index is 2.47. The predicted octanol–water partition coefficient (Wildman–Crippen LogP) is -0.476. The van der Waals surface area contributed by atoms with Gasteiger partial charge >= 0.3 is 17.9 Å². The van der Waals surface area contributed by atoms with Crippen molar-refractivity contribution in [1.29, 1.82) is 0 Å². The molecule has 8 nitrogen and oxygen atoms in total. The van der Waals surface area contributed by atoms with E-state index in [4.69, 9.17) is 21.7 Å². The molecule has 0 aromatic heterocycles. The van der Waals surface area contributed by atoms with E-state index in [-0.39, 0.29) is 25.0 Å². The van der Waals surface area contributed by atoms with Gasteiger partial charge in [-0.1, -0.05) is 12.1 Å². The highest BCUT2D eigenvalue weighted by Crippen LogP contribution is 2.11. The maximum atomic E-state index is 11.7. The van der Waals surface area contributed by atoms with Crippen molar-refractivity contribution in [3.05, 3.63) is 29.8 Å². The molecule has 0 saturated heterocycles. The van der Waals surface area contributed by atoms with E-state index in [0.29, 0.717) is 5.56 Å². The van der Waals surface area contributed by atoms with Gasteiger partial charge in [-0.25, -0.2) is 9.59 Å². The van der Waals surface area contributed by atoms with Gasteiger partial charge in [-0.05, 0) is 30.5 Å². The first kappa shape index (κ1) is 17.6. The Labute approximate surface area is 126 Å². The van der Waals surface area contributed by atoms with Gasteiger partial charge in [0.05, 0.1) is 0 Å². The number of esters is 2. The summed E-state index contributed by atoms with van der Waals surface area (Å²) in [5, 5.41) is 17.6. The van der Waals surface area contributed by atoms with Crippen LogP contribution < -0.4 is 11.5 Å². The number of aliphatic carboxylic acids is 1. The van der Waals surface area contributed by atoms with Gasteiger partial charge in [-0.15, -0.1) is 0 Å². The summed E-state index contributed by atoms with van der Waals surface area (Å²) in [5.41, 5.74) is 11.7. The number of phenols is 1. The number of carboxylic acids is 1. The molecule has 8 heteroatoms. The summed E-state index contributed by atoms with van der Waals surface area (Å²) in [6.45, 7) is 0. The van der Waals surface area contributed by atoms with E-state index in [0.717, 1.165) is 0 Å². The van der Waals surface area contributed by atoms with Crippen molar-refractivity contribution in [1.82, 2.24) is 0 Å². The molecule has 0 unspecified atom stereocenters. The second kappa shape index (κ2) is 8.11. The molecule has 0 heterocycles. The third-order valence-electron chi connectivity index (χ3n) is 2.87. The van der Waals surface area contributed by atoms with E-state index in [1.807, 2.05) is 0 Å². The quantitative estimate of drug-likeness (QED) is 0.389. The summed E-state index contributed by atoms with van der Waals surface area (Å²) >= 11 is 0. The van der Waals surface area contributed by atoms with Gasteiger partial charge in [0.2, 0.25) is 0 Å². The fraction of sp³-hybridized carbons (Fsp3) is 0.357. The fourth-order valence-electron chi connectivity index (χ4n) is 1.62. The minimum absolute atomic E-state index is 0.0829. The van der Waals surface area contributed by atoms with Gasteiger partial charge in [-0.2, -0.15) is 0 Å². The number of carbonyl (C=O) groups is 3. The lowest BCUT2D eigenvalue weighted by Crippen LogP contribution is -2.40. The van der Waals surface area contributed by atoms with Gasteiger partial charge in [-0.3, -0.25) is 4.79 Å². The maximum Gasteiger partial charge on any atom is 0.330 e. The van der Waals surface area contributed by atoms with Crippen LogP contribution in [0.3, 0.4) is 0 Å². The average Bonchev–Trinajstić information content (AvgIpc) is 2.46. The zero-order chi connectivity index (χ0) is 16.7. The predicted molar refractivity (Wildman–Crippen MR) is 75.7 cm³/mol. The fourth-order valence-corrected chi connectivity index (χ4v) is 1.62. The second-order valence-electron chi connectivity index (χ2n) is 4.76. The van der Waals surface area contributed by atoms with Gasteiger partial charge in [0.25, 0.3) is 0 Å². The summed E-state index contributed by atoms with van der Waals surface area (Å²) in [6, 6.07) is 3.80. The molecular weight excluding hydrogens is 292 g/mol. The van der Waals surface area contributed by atoms with Crippen LogP contribution >= 0.6 is 0 Å². The number of rotatable bonds is 7. The molecule has 0 spiro atoms. The van der Waals surface area contributed by atoms with Crippen LogP contribution in [0.1, 0.15) is 18.4 Å². The number of hydrogen-bond acceptors (Lipinski definition) is 7. The molecule has 0 radical (unpaired) electrons. The van der Waals surface area contributed by atoms with Gasteiger partial charge in [0, 0.05) is 6.42 Å². The first-order chi connectivity index (χ1) is 10.3. The smallest absolute Gasteiger partial charge is 0.330 e. The number of ether oxygens (including phenoxy) is 1. The molecule has 1 rings (SSSR count). The molecule has 120 valence electrons. The van der Waals surface area contributed by atoms with Crippen molar-refractivity contribution in [2.24, 2.45) is 11.5 Å². The van der Waals surface area contributed by atoms with Crippen LogP contribution in [0.2, 0.25) is 0 Å². The van der Waals surface area contributed by atoms with Gasteiger partial charge < -0.3 is 26.4 Å². The summed E-state index contributed by atoms with van der Waals surface area (Å²) < 4.78 is 4.53. The lowest BCUT2D eigenvalue weighted by Gasteiger charge is -2.13. The van der Waals surface area contributed by atoms with Crippen molar-refractivity contribution in [2.75, 3.05) is 0 Å². The molecule has 0 saturated carbocycles. The van der Waals surface area contributed by atoms with Crippen molar-refractivity contribution >= 4 is 17.9 Å². The third-order valence-corrected chi connectivity index (χ3v) is 2.87. The van der Waals surface area contributed by atoms with Crippen molar-refractivity contribution in [3.63, 3.8) is 0 Å². The van der Waals surface area contributed by atoms with Gasteiger partial charge in [0.1, 0.15) is 17.8 Å². The SMILES string of the molecule is N[C@@H](CCC(=O)O)C(=O)OC(=O)[C@@H](N)Cc1ccc(O)cc1. The number of carboxylic acid groups (broad SMARTS) is 1. The molecule has 22 heavy (non-hydrogen) atoms. The second-order valence-corrected chi connectivity index (χ2v) is 4.76. The van der Waals surface area contributed by atoms with E-state index in [1.165, 1.54) is 12.1 Å². The Bertz CT molecular complexity index is 543. The van der Waals surface area contributed by atoms with Crippen LogP contribution in [0.4, 0.5) is 0 Å². The minimum Gasteiger partial charge on any atom is -0.508 e. The van der Waals surface area contributed by atoms with Crippen LogP contribution in [0.5, 0.6) is 5.75 Å². The van der Waals surface area contributed by atoms with Crippen LogP contribution in [0.15, 0.2) is 24.3 Å². The number of hydrogen-bond donors (Lipinski definition) is 4. The maximum absolute atomic E-state index is 11.7. The standard InChI is InChI=1S/C14H18N2O6/c15-10(5-6-12(18)19)13(20)22-14(21)11(16)7-8-1-3-9(17)4-2-8/h1-4,10-11,17H,5-7,15-16H2,(H,18,19)/t10-,11-/m0/s1. The molecule has 6 N–H and O–H groups in total. The lowest BCUT2D eigenvalue weighted by molar-refractivity contribution is -0.161. The lowest BCUT2D eigenvalue weighted by atomic mass is 10.1. The Hall–Kier alpha value is -2.45. The molecular formula is C14H18N2O6. The number of aromatic hydroxyl groups is 1. The molecule has 1 aromatic rings. The zero-order valence-electron chi connectivity index (χ0n) is 11.8. The number of phenolic OH excluding ortho intramolecular Hbond substituents is 1. The molecule has 0 amide bonds. The molecule has 0 aliphatic carbocycles. The van der Waals surface area contributed by atoms with E-state index >= 15 is 0 Å². The van der Waals surface area contributed by atoms with Crippen LogP contribution in [-0.4, -0.2) is 40.2 Å². The topological polar surface area (TPSA) is 153 Å². The van der Waals surface area contributed by atoms with Crippen molar-refractivity contribution < 1.29 is 29.3 Å². The Morgan fingerprint density at radius 1 is 1.05 bits per heavy atom. The molecule has 1 aromatic carbocycles. The summed E-state index contributed by atoms with van der Waals surface area (Å²) in [5.74, 6) is -2.96. The monoisotopic (exact) mass is 310 g/mol. The Morgan fingerprint density at radius 3 is 2.14 bits per heavy atom. The minimum atomic E-state index is -1.19. The highest BCUT2D eigenvalue weighted by atomic mass is 16.6. The highest BCUT2D eigenvalue weighted by molar-refractivity contribution is 5.91. The van der Waals surface area contributed by atoms with E-state index in [1.54, 1.807) is 12.1 Å². The molecule has 0 fully saturated rings. The largest absolute Gasteiger partial charge is 0.508 e. The van der Waals surface area contributed by atoms with Crippen molar-refractivity contribution in [3.8, 4) is 5.75 Å². The van der Waals surface area contributed by atoms with Crippen LogP contribution in [0, 0.1) is 0 Å². The van der Waals surface area contributed by atoms with Crippen LogP contribution in [0.25, 0.3) is 0 Å². The Kier molecular flexibility index (Phi) is 6.48. The molecule has 0 aliphatic rings. The van der Waals surface area contributed by atoms with E-state index in [9.17, 15) is 14.4 Å². The summed E-state index contributed by atoms with van der Waals surface area (Å²) in [6.07, 6.45) is -0.310. The number of nitrogens with two attached hydrogens (primary N) is 2. The van der Waals surface area contributed by atoms with E-state index < -0.39 is 30.0 Å². The number of carbonyl (C=O) groups excluding carboxylic acids is 2. The van der Waals surface area contributed by atoms with Crippen molar-refractivity contribution in [2.45, 2.75) is 31.3 Å². The first-order valence-corrected chi connectivity index (χ1v) is 6.56. The van der Waals surface area contributed by atoms with E-state index in [2.05, 4.69) is 4.74 Å². The molecule has 2 atom stereocenters. The summed E-state index contributed by atoms with van der Waals surface area (Å²) in [7, 11) is 0. The Morgan fingerprint density at radius 2 is 1.59 bits per heavy atom. The summed E-state index contributed by atoms with van der Waals surface area (Å²) in [4.78, 5) is 33.6. The number of benzene rings is 1. The van der Waals surface area contributed by atoms with Crippen LogP contribution in [-0.2, 0) is 25.5 Å². The zero-order valence-corrected chi connectivity index (χ0v) is 11.8. The highest BCUT2D eigenvalue weighted by Gasteiger charge is 2.23. The normalized spacial score (nSPS) is 13.2. The third kappa shape index (κ3) is 5.90. The molecule has 0 aliphatic heterocycles. The molecule has 0 bridgehead atoms.